The van der Waals surface area contributed by atoms with Crippen molar-refractivity contribution in [3.05, 3.63) is 42.2 Å². The average molecular weight is 301 g/mol. The molecule has 2 aromatic rings. The second-order valence-corrected chi connectivity index (χ2v) is 5.71. The van der Waals surface area contributed by atoms with Gasteiger partial charge in [0.05, 0.1) is 6.20 Å². The van der Waals surface area contributed by atoms with E-state index in [1.165, 1.54) is 12.3 Å². The van der Waals surface area contributed by atoms with Crippen LogP contribution in [0.4, 0.5) is 16.0 Å². The SMILES string of the molecule is Cc1cc(N(C)C2CCCN(c3ccc(F)cn3)C2)ncn1. The molecule has 6 heteroatoms. The average Bonchev–Trinajstić information content (AvgIpc) is 2.55. The highest BCUT2D eigenvalue weighted by Crippen LogP contribution is 2.23. The van der Waals surface area contributed by atoms with Crippen molar-refractivity contribution in [3.63, 3.8) is 0 Å². The van der Waals surface area contributed by atoms with Crippen LogP contribution in [-0.4, -0.2) is 41.1 Å². The molecule has 116 valence electrons. The summed E-state index contributed by atoms with van der Waals surface area (Å²) in [6, 6.07) is 5.56. The predicted octanol–water partition coefficient (Wildman–Crippen LogP) is 2.42. The minimum atomic E-state index is -0.300. The molecule has 0 amide bonds. The van der Waals surface area contributed by atoms with Gasteiger partial charge in [0.25, 0.3) is 0 Å². The molecule has 0 saturated carbocycles. The van der Waals surface area contributed by atoms with Crippen molar-refractivity contribution in [3.8, 4) is 0 Å². The zero-order chi connectivity index (χ0) is 15.5. The molecule has 1 fully saturated rings. The van der Waals surface area contributed by atoms with Crippen LogP contribution in [0.15, 0.2) is 30.7 Å². The number of hydrogen-bond acceptors (Lipinski definition) is 5. The molecule has 1 unspecified atom stereocenters. The molecular weight excluding hydrogens is 281 g/mol. The summed E-state index contributed by atoms with van der Waals surface area (Å²) in [6.45, 7) is 3.78. The van der Waals surface area contributed by atoms with Crippen molar-refractivity contribution in [2.45, 2.75) is 25.8 Å². The Morgan fingerprint density at radius 3 is 2.86 bits per heavy atom. The summed E-state index contributed by atoms with van der Waals surface area (Å²) in [7, 11) is 2.06. The maximum absolute atomic E-state index is 13.0. The first-order chi connectivity index (χ1) is 10.6. The zero-order valence-corrected chi connectivity index (χ0v) is 12.9. The number of halogens is 1. The van der Waals surface area contributed by atoms with Crippen molar-refractivity contribution in [1.82, 2.24) is 15.0 Å². The summed E-state index contributed by atoms with van der Waals surface area (Å²) in [4.78, 5) is 17.1. The van der Waals surface area contributed by atoms with Crippen LogP contribution >= 0.6 is 0 Å². The van der Waals surface area contributed by atoms with E-state index in [-0.39, 0.29) is 5.82 Å². The maximum atomic E-state index is 13.0. The van der Waals surface area contributed by atoms with Crippen LogP contribution < -0.4 is 9.80 Å². The van der Waals surface area contributed by atoms with Crippen molar-refractivity contribution in [2.24, 2.45) is 0 Å². The summed E-state index contributed by atoms with van der Waals surface area (Å²) in [6.07, 6.45) is 5.06. The predicted molar refractivity (Wildman–Crippen MR) is 84.6 cm³/mol. The normalized spacial score (nSPS) is 18.3. The van der Waals surface area contributed by atoms with Crippen LogP contribution in [0, 0.1) is 12.7 Å². The zero-order valence-electron chi connectivity index (χ0n) is 12.9. The van der Waals surface area contributed by atoms with Gasteiger partial charge in [-0.05, 0) is 31.9 Å². The van der Waals surface area contributed by atoms with E-state index in [0.29, 0.717) is 6.04 Å². The van der Waals surface area contributed by atoms with Crippen LogP contribution in [0.5, 0.6) is 0 Å². The van der Waals surface area contributed by atoms with Crippen LogP contribution in [-0.2, 0) is 0 Å². The summed E-state index contributed by atoms with van der Waals surface area (Å²) < 4.78 is 13.0. The third-order valence-corrected chi connectivity index (χ3v) is 4.13. The molecule has 1 aliphatic heterocycles. The summed E-state index contributed by atoms with van der Waals surface area (Å²) >= 11 is 0. The van der Waals surface area contributed by atoms with Crippen LogP contribution in [0.2, 0.25) is 0 Å². The third kappa shape index (κ3) is 3.16. The highest BCUT2D eigenvalue weighted by atomic mass is 19.1. The number of anilines is 2. The molecule has 22 heavy (non-hydrogen) atoms. The van der Waals surface area contributed by atoms with Gasteiger partial charge in [0.15, 0.2) is 0 Å². The minimum Gasteiger partial charge on any atom is -0.355 e. The summed E-state index contributed by atoms with van der Waals surface area (Å²) in [5.41, 5.74) is 0.963. The molecule has 0 aliphatic carbocycles. The van der Waals surface area contributed by atoms with E-state index in [2.05, 4.69) is 31.8 Å². The first kappa shape index (κ1) is 14.7. The number of nitrogens with zero attached hydrogens (tertiary/aromatic N) is 5. The van der Waals surface area contributed by atoms with E-state index >= 15 is 0 Å². The Labute approximate surface area is 129 Å². The summed E-state index contributed by atoms with van der Waals surface area (Å²) in [5, 5.41) is 0. The molecule has 0 aromatic carbocycles. The summed E-state index contributed by atoms with van der Waals surface area (Å²) in [5.74, 6) is 1.47. The van der Waals surface area contributed by atoms with Crippen LogP contribution in [0.1, 0.15) is 18.5 Å². The Kier molecular flexibility index (Phi) is 4.18. The van der Waals surface area contributed by atoms with Gasteiger partial charge in [-0.2, -0.15) is 0 Å². The Morgan fingerprint density at radius 1 is 1.27 bits per heavy atom. The second-order valence-electron chi connectivity index (χ2n) is 5.71. The van der Waals surface area contributed by atoms with Gasteiger partial charge in [-0.3, -0.25) is 0 Å². The molecule has 0 spiro atoms. The number of aryl methyl sites for hydroxylation is 1. The van der Waals surface area contributed by atoms with Crippen molar-refractivity contribution in [1.29, 1.82) is 0 Å². The van der Waals surface area contributed by atoms with E-state index in [0.717, 1.165) is 43.3 Å². The van der Waals surface area contributed by atoms with Gasteiger partial charge in [-0.15, -0.1) is 0 Å². The van der Waals surface area contributed by atoms with Gasteiger partial charge < -0.3 is 9.80 Å². The lowest BCUT2D eigenvalue weighted by Crippen LogP contribution is -2.47. The Balaban J connectivity index is 1.73. The van der Waals surface area contributed by atoms with E-state index in [1.807, 2.05) is 13.0 Å². The lowest BCUT2D eigenvalue weighted by atomic mass is 10.0. The highest BCUT2D eigenvalue weighted by molar-refractivity contribution is 5.43. The van der Waals surface area contributed by atoms with Gasteiger partial charge in [-0.25, -0.2) is 19.3 Å². The first-order valence-corrected chi connectivity index (χ1v) is 7.51. The molecule has 2 aromatic heterocycles. The standard InChI is InChI=1S/C16H20FN5/c1-12-8-16(20-11-19-12)21(2)14-4-3-7-22(10-14)15-6-5-13(17)9-18-15/h5-6,8-9,11,14H,3-4,7,10H2,1-2H3. The fourth-order valence-corrected chi connectivity index (χ4v) is 2.85. The largest absolute Gasteiger partial charge is 0.355 e. The van der Waals surface area contributed by atoms with Gasteiger partial charge >= 0.3 is 0 Å². The molecule has 1 saturated heterocycles. The molecule has 5 nitrogen and oxygen atoms in total. The lowest BCUT2D eigenvalue weighted by Gasteiger charge is -2.38. The van der Waals surface area contributed by atoms with Gasteiger partial charge in [0, 0.05) is 37.9 Å². The van der Waals surface area contributed by atoms with Crippen molar-refractivity contribution in [2.75, 3.05) is 29.9 Å². The molecule has 1 atom stereocenters. The molecule has 1 aliphatic rings. The number of pyridine rings is 1. The van der Waals surface area contributed by atoms with Crippen molar-refractivity contribution < 1.29 is 4.39 Å². The fraction of sp³-hybridized carbons (Fsp3) is 0.438. The van der Waals surface area contributed by atoms with E-state index in [9.17, 15) is 4.39 Å². The monoisotopic (exact) mass is 301 g/mol. The first-order valence-electron chi connectivity index (χ1n) is 7.51. The smallest absolute Gasteiger partial charge is 0.141 e. The van der Waals surface area contributed by atoms with E-state index < -0.39 is 0 Å². The molecule has 0 N–H and O–H groups in total. The minimum absolute atomic E-state index is 0.300. The number of rotatable bonds is 3. The molecule has 3 rings (SSSR count). The maximum Gasteiger partial charge on any atom is 0.141 e. The van der Waals surface area contributed by atoms with Gasteiger partial charge in [-0.1, -0.05) is 0 Å². The van der Waals surface area contributed by atoms with E-state index in [1.54, 1.807) is 12.4 Å². The molecule has 0 bridgehead atoms. The van der Waals surface area contributed by atoms with Gasteiger partial charge in [0.2, 0.25) is 0 Å². The van der Waals surface area contributed by atoms with Gasteiger partial charge in [0.1, 0.15) is 23.8 Å². The topological polar surface area (TPSA) is 45.2 Å². The third-order valence-electron chi connectivity index (χ3n) is 4.13. The quantitative estimate of drug-likeness (QED) is 0.871. The molecule has 0 radical (unpaired) electrons. The second kappa shape index (κ2) is 6.25. The highest BCUT2D eigenvalue weighted by Gasteiger charge is 2.25. The number of piperidine rings is 1. The molecular formula is C16H20FN5. The van der Waals surface area contributed by atoms with Crippen LogP contribution in [0.25, 0.3) is 0 Å². The van der Waals surface area contributed by atoms with Crippen LogP contribution in [0.3, 0.4) is 0 Å². The fourth-order valence-electron chi connectivity index (χ4n) is 2.85. The Hall–Kier alpha value is -2.24. The van der Waals surface area contributed by atoms with E-state index in [4.69, 9.17) is 0 Å². The lowest BCUT2D eigenvalue weighted by molar-refractivity contribution is 0.482. The molecule has 3 heterocycles. The number of likely N-dealkylation sites (N-methyl/N-ethyl adjacent to an activating group) is 1. The number of hydrogen-bond donors (Lipinski definition) is 0. The Bertz CT molecular complexity index is 631. The Morgan fingerprint density at radius 2 is 2.14 bits per heavy atom. The number of aromatic nitrogens is 3. The van der Waals surface area contributed by atoms with Crippen molar-refractivity contribution >= 4 is 11.6 Å².